The predicted octanol–water partition coefficient (Wildman–Crippen LogP) is 1.61. The third-order valence-electron chi connectivity index (χ3n) is 2.42. The second-order valence-electron chi connectivity index (χ2n) is 4.03. The number of hydrogen-bond donors (Lipinski definition) is 2. The molecule has 1 rings (SSSR count). The fraction of sp³-hybridized carbons (Fsp3) is 0.364. The van der Waals surface area contributed by atoms with Crippen LogP contribution in [-0.4, -0.2) is 25.7 Å². The zero-order valence-electron chi connectivity index (χ0n) is 9.76. The predicted molar refractivity (Wildman–Crippen MR) is 68.4 cm³/mol. The van der Waals surface area contributed by atoms with Gasteiger partial charge < -0.3 is 10.8 Å². The fourth-order valence-corrected chi connectivity index (χ4v) is 2.46. The van der Waals surface area contributed by atoms with Crippen molar-refractivity contribution in [2.24, 2.45) is 5.73 Å². The van der Waals surface area contributed by atoms with Gasteiger partial charge in [-0.25, -0.2) is 8.42 Å². The van der Waals surface area contributed by atoms with Crippen molar-refractivity contribution in [1.29, 1.82) is 0 Å². The summed E-state index contributed by atoms with van der Waals surface area (Å²) in [5, 5.41) is 8.83. The summed E-state index contributed by atoms with van der Waals surface area (Å²) in [5.41, 5.74) is 6.33. The molecule has 100 valence electrons. The minimum absolute atomic E-state index is 0.0794. The van der Waals surface area contributed by atoms with Gasteiger partial charge >= 0.3 is 5.97 Å². The molecule has 0 saturated heterocycles. The first-order valence-corrected chi connectivity index (χ1v) is 7.45. The summed E-state index contributed by atoms with van der Waals surface area (Å²) in [5.74, 6) is -0.948. The summed E-state index contributed by atoms with van der Waals surface area (Å²) < 4.78 is 22.9. The quantitative estimate of drug-likeness (QED) is 0.859. The number of aliphatic carboxylic acids is 1. The Morgan fingerprint density at radius 3 is 2.56 bits per heavy atom. The number of rotatable bonds is 5. The van der Waals surface area contributed by atoms with E-state index in [9.17, 15) is 13.2 Å². The lowest BCUT2D eigenvalue weighted by molar-refractivity contribution is -0.137. The molecular weight excluding hydrogens is 278 g/mol. The van der Waals surface area contributed by atoms with Gasteiger partial charge in [0.2, 0.25) is 0 Å². The normalized spacial score (nSPS) is 13.3. The molecule has 0 aliphatic rings. The van der Waals surface area contributed by atoms with Crippen LogP contribution in [0.15, 0.2) is 23.1 Å². The maximum absolute atomic E-state index is 11.4. The maximum Gasteiger partial charge on any atom is 0.303 e. The van der Waals surface area contributed by atoms with Gasteiger partial charge in [0.05, 0.1) is 4.90 Å². The number of carboxylic acid groups (broad SMARTS) is 1. The van der Waals surface area contributed by atoms with Crippen LogP contribution in [0.3, 0.4) is 0 Å². The Kier molecular flexibility index (Phi) is 4.72. The van der Waals surface area contributed by atoms with E-state index in [1.54, 1.807) is 6.07 Å². The van der Waals surface area contributed by atoms with Crippen LogP contribution < -0.4 is 5.73 Å². The van der Waals surface area contributed by atoms with Crippen molar-refractivity contribution in [3.8, 4) is 0 Å². The largest absolute Gasteiger partial charge is 0.481 e. The zero-order valence-corrected chi connectivity index (χ0v) is 11.3. The molecule has 0 heterocycles. The first-order valence-electron chi connectivity index (χ1n) is 5.18. The average Bonchev–Trinajstić information content (AvgIpc) is 2.23. The Morgan fingerprint density at radius 1 is 1.44 bits per heavy atom. The van der Waals surface area contributed by atoms with Crippen LogP contribution >= 0.6 is 11.6 Å². The highest BCUT2D eigenvalue weighted by molar-refractivity contribution is 7.90. The van der Waals surface area contributed by atoms with Crippen molar-refractivity contribution in [2.45, 2.75) is 23.8 Å². The Hall–Kier alpha value is -1.11. The van der Waals surface area contributed by atoms with Gasteiger partial charge in [0, 0.05) is 23.7 Å². The van der Waals surface area contributed by atoms with Crippen LogP contribution in [0.2, 0.25) is 5.02 Å². The van der Waals surface area contributed by atoms with Crippen LogP contribution in [0.4, 0.5) is 0 Å². The van der Waals surface area contributed by atoms with Crippen molar-refractivity contribution in [1.82, 2.24) is 0 Å². The molecule has 5 nitrogen and oxygen atoms in total. The molecule has 7 heteroatoms. The topological polar surface area (TPSA) is 97.5 Å². The molecule has 0 bridgehead atoms. The standard InChI is InChI=1S/C11H14ClNO4S/c1-18(16,17)9-5-7(4-8(12)6-9)10(13)2-3-11(14)15/h4-6,10H,2-3,13H2,1H3,(H,14,15). The van der Waals surface area contributed by atoms with Gasteiger partial charge in [0.1, 0.15) is 0 Å². The molecule has 1 aromatic carbocycles. The smallest absolute Gasteiger partial charge is 0.303 e. The molecule has 0 spiro atoms. The molecule has 1 unspecified atom stereocenters. The van der Waals surface area contributed by atoms with Crippen LogP contribution in [0, 0.1) is 0 Å². The van der Waals surface area contributed by atoms with Crippen LogP contribution in [-0.2, 0) is 14.6 Å². The Morgan fingerprint density at radius 2 is 2.06 bits per heavy atom. The van der Waals surface area contributed by atoms with E-state index < -0.39 is 21.8 Å². The third-order valence-corrected chi connectivity index (χ3v) is 3.73. The summed E-state index contributed by atoms with van der Waals surface area (Å²) in [6.45, 7) is 0. The number of carboxylic acids is 1. The second kappa shape index (κ2) is 5.69. The van der Waals surface area contributed by atoms with Gasteiger partial charge in [-0.3, -0.25) is 4.79 Å². The van der Waals surface area contributed by atoms with Gasteiger partial charge in [0.15, 0.2) is 9.84 Å². The third kappa shape index (κ3) is 4.29. The summed E-state index contributed by atoms with van der Waals surface area (Å²) in [6.07, 6.45) is 1.21. The van der Waals surface area contributed by atoms with E-state index in [0.717, 1.165) is 6.26 Å². The molecule has 1 atom stereocenters. The van der Waals surface area contributed by atoms with Crippen molar-refractivity contribution < 1.29 is 18.3 Å². The molecule has 1 aromatic rings. The zero-order chi connectivity index (χ0) is 13.9. The number of hydrogen-bond acceptors (Lipinski definition) is 4. The van der Waals surface area contributed by atoms with Gasteiger partial charge in [-0.2, -0.15) is 0 Å². The van der Waals surface area contributed by atoms with E-state index >= 15 is 0 Å². The maximum atomic E-state index is 11.4. The van der Waals surface area contributed by atoms with Crippen molar-refractivity contribution >= 4 is 27.4 Å². The van der Waals surface area contributed by atoms with Gasteiger partial charge in [0.25, 0.3) is 0 Å². The van der Waals surface area contributed by atoms with Crippen LogP contribution in [0.5, 0.6) is 0 Å². The minimum atomic E-state index is -3.37. The number of carbonyl (C=O) groups is 1. The minimum Gasteiger partial charge on any atom is -0.481 e. The summed E-state index contributed by atoms with van der Waals surface area (Å²) in [4.78, 5) is 10.5. The molecule has 3 N–H and O–H groups in total. The van der Waals surface area contributed by atoms with Gasteiger partial charge in [-0.05, 0) is 30.2 Å². The highest BCUT2D eigenvalue weighted by atomic mass is 35.5. The lowest BCUT2D eigenvalue weighted by Gasteiger charge is -2.12. The van der Waals surface area contributed by atoms with Gasteiger partial charge in [-0.15, -0.1) is 0 Å². The highest BCUT2D eigenvalue weighted by Crippen LogP contribution is 2.24. The summed E-state index contributed by atoms with van der Waals surface area (Å²) in [6, 6.07) is 3.75. The number of halogens is 1. The Labute approximate surface area is 110 Å². The van der Waals surface area contributed by atoms with Crippen molar-refractivity contribution in [2.75, 3.05) is 6.26 Å². The monoisotopic (exact) mass is 291 g/mol. The lowest BCUT2D eigenvalue weighted by Crippen LogP contribution is -2.13. The van der Waals surface area contributed by atoms with E-state index in [1.807, 2.05) is 0 Å². The second-order valence-corrected chi connectivity index (χ2v) is 6.48. The number of nitrogens with two attached hydrogens (primary N) is 1. The van der Waals surface area contributed by atoms with Crippen molar-refractivity contribution in [3.63, 3.8) is 0 Å². The summed E-state index contributed by atoms with van der Waals surface area (Å²) >= 11 is 5.83. The SMILES string of the molecule is CS(=O)(=O)c1cc(Cl)cc(C(N)CCC(=O)O)c1. The van der Waals surface area contributed by atoms with E-state index in [4.69, 9.17) is 22.4 Å². The van der Waals surface area contributed by atoms with E-state index in [1.165, 1.54) is 12.1 Å². The van der Waals surface area contributed by atoms with E-state index in [-0.39, 0.29) is 22.8 Å². The number of benzene rings is 1. The first-order chi connectivity index (χ1) is 8.20. The first kappa shape index (κ1) is 14.9. The molecule has 18 heavy (non-hydrogen) atoms. The Bertz CT molecular complexity index is 556. The fourth-order valence-electron chi connectivity index (χ4n) is 1.46. The molecule has 0 amide bonds. The molecule has 0 radical (unpaired) electrons. The molecule has 0 fully saturated rings. The molecule has 0 saturated carbocycles. The molecular formula is C11H14ClNO4S. The Balaban J connectivity index is 3.03. The molecule has 0 aliphatic carbocycles. The average molecular weight is 292 g/mol. The van der Waals surface area contributed by atoms with Gasteiger partial charge in [-0.1, -0.05) is 11.6 Å². The molecule has 0 aromatic heterocycles. The number of sulfone groups is 1. The van der Waals surface area contributed by atoms with Crippen LogP contribution in [0.1, 0.15) is 24.4 Å². The van der Waals surface area contributed by atoms with Crippen LogP contribution in [0.25, 0.3) is 0 Å². The highest BCUT2D eigenvalue weighted by Gasteiger charge is 2.14. The van der Waals surface area contributed by atoms with Crippen molar-refractivity contribution in [3.05, 3.63) is 28.8 Å². The van der Waals surface area contributed by atoms with E-state index in [2.05, 4.69) is 0 Å². The lowest BCUT2D eigenvalue weighted by atomic mass is 10.0. The molecule has 0 aliphatic heterocycles. The summed E-state index contributed by atoms with van der Waals surface area (Å²) in [7, 11) is -3.37. The van der Waals surface area contributed by atoms with E-state index in [0.29, 0.717) is 5.56 Å².